The van der Waals surface area contributed by atoms with Gasteiger partial charge in [-0.1, -0.05) is 6.07 Å². The molecule has 9 heteroatoms. The first-order valence-electron chi connectivity index (χ1n) is 8.70. The molecule has 0 aromatic heterocycles. The molecule has 0 spiro atoms. The summed E-state index contributed by atoms with van der Waals surface area (Å²) in [6.45, 7) is 2.71. The molecule has 1 fully saturated rings. The average Bonchev–Trinajstić information content (AvgIpc) is 2.68. The number of halogens is 1. The topological polar surface area (TPSA) is 96.2 Å². The van der Waals surface area contributed by atoms with E-state index in [0.717, 1.165) is 17.7 Å². The highest BCUT2D eigenvalue weighted by atomic mass is 19.1. The van der Waals surface area contributed by atoms with Crippen molar-refractivity contribution >= 4 is 11.6 Å². The molecule has 1 saturated heterocycles. The van der Waals surface area contributed by atoms with E-state index in [1.807, 2.05) is 0 Å². The van der Waals surface area contributed by atoms with Crippen molar-refractivity contribution in [1.82, 2.24) is 9.80 Å². The van der Waals surface area contributed by atoms with Gasteiger partial charge in [-0.25, -0.2) is 4.39 Å². The Labute approximate surface area is 160 Å². The van der Waals surface area contributed by atoms with E-state index >= 15 is 0 Å². The van der Waals surface area contributed by atoms with Crippen molar-refractivity contribution in [2.24, 2.45) is 0 Å². The van der Waals surface area contributed by atoms with Gasteiger partial charge in [-0.05, 0) is 29.8 Å². The Morgan fingerprint density at radius 2 is 1.93 bits per heavy atom. The van der Waals surface area contributed by atoms with Crippen LogP contribution < -0.4 is 4.74 Å². The Balaban J connectivity index is 1.59. The van der Waals surface area contributed by atoms with Crippen molar-refractivity contribution in [3.8, 4) is 11.5 Å². The maximum absolute atomic E-state index is 13.8. The fraction of sp³-hybridized carbons (Fsp3) is 0.316. The summed E-state index contributed by atoms with van der Waals surface area (Å²) in [5.74, 6) is -1.03. The maximum Gasteiger partial charge on any atom is 0.310 e. The SMILES string of the molecule is COc1ccc(CN2CCN(C(=O)c3ccc([N+](=O)[O-])c(O)c3)CC2)cc1F. The largest absolute Gasteiger partial charge is 0.502 e. The molecule has 1 aliphatic rings. The Hall–Kier alpha value is -3.20. The molecule has 0 bridgehead atoms. The highest BCUT2D eigenvalue weighted by Gasteiger charge is 2.24. The molecule has 1 N–H and O–H groups in total. The third-order valence-electron chi connectivity index (χ3n) is 4.70. The van der Waals surface area contributed by atoms with Crippen LogP contribution in [0.3, 0.4) is 0 Å². The van der Waals surface area contributed by atoms with Gasteiger partial charge in [-0.3, -0.25) is 19.8 Å². The van der Waals surface area contributed by atoms with Gasteiger partial charge in [-0.2, -0.15) is 0 Å². The van der Waals surface area contributed by atoms with Gasteiger partial charge in [0, 0.05) is 44.4 Å². The number of ether oxygens (including phenoxy) is 1. The lowest BCUT2D eigenvalue weighted by Gasteiger charge is -2.34. The second-order valence-electron chi connectivity index (χ2n) is 6.50. The van der Waals surface area contributed by atoms with Crippen LogP contribution in [-0.2, 0) is 6.54 Å². The van der Waals surface area contributed by atoms with Gasteiger partial charge in [0.25, 0.3) is 5.91 Å². The van der Waals surface area contributed by atoms with Crippen LogP contribution in [0.2, 0.25) is 0 Å². The number of aromatic hydroxyl groups is 1. The van der Waals surface area contributed by atoms with Gasteiger partial charge in [0.15, 0.2) is 17.3 Å². The number of amides is 1. The van der Waals surface area contributed by atoms with Crippen molar-refractivity contribution in [3.63, 3.8) is 0 Å². The van der Waals surface area contributed by atoms with E-state index < -0.39 is 22.2 Å². The third-order valence-corrected chi connectivity index (χ3v) is 4.70. The van der Waals surface area contributed by atoms with Crippen LogP contribution in [0.15, 0.2) is 36.4 Å². The van der Waals surface area contributed by atoms with Crippen LogP contribution in [0, 0.1) is 15.9 Å². The normalized spacial score (nSPS) is 14.7. The fourth-order valence-electron chi connectivity index (χ4n) is 3.17. The molecule has 8 nitrogen and oxygen atoms in total. The molecule has 0 saturated carbocycles. The van der Waals surface area contributed by atoms with Crippen LogP contribution in [0.25, 0.3) is 0 Å². The molecule has 1 heterocycles. The summed E-state index contributed by atoms with van der Waals surface area (Å²) >= 11 is 0. The standard InChI is InChI=1S/C19H20FN3O5/c1-28-18-5-2-13(10-15(18)20)12-21-6-8-22(9-7-21)19(25)14-3-4-16(23(26)27)17(24)11-14/h2-5,10-11,24H,6-9,12H2,1H3. The molecular formula is C19H20FN3O5. The first-order chi connectivity index (χ1) is 13.4. The summed E-state index contributed by atoms with van der Waals surface area (Å²) in [4.78, 5) is 26.4. The molecule has 0 atom stereocenters. The summed E-state index contributed by atoms with van der Waals surface area (Å²) in [5, 5.41) is 20.5. The van der Waals surface area contributed by atoms with Gasteiger partial charge < -0.3 is 14.7 Å². The molecule has 0 unspecified atom stereocenters. The van der Waals surface area contributed by atoms with Gasteiger partial charge >= 0.3 is 5.69 Å². The summed E-state index contributed by atoms with van der Waals surface area (Å²) in [7, 11) is 1.42. The van der Waals surface area contributed by atoms with Crippen LogP contribution in [-0.4, -0.2) is 59.0 Å². The Morgan fingerprint density at radius 1 is 1.21 bits per heavy atom. The summed E-state index contributed by atoms with van der Waals surface area (Å²) in [5.41, 5.74) is 0.584. The summed E-state index contributed by atoms with van der Waals surface area (Å²) in [6, 6.07) is 8.41. The Bertz CT molecular complexity index is 897. The number of piperazine rings is 1. The molecule has 2 aromatic carbocycles. The van der Waals surface area contributed by atoms with Gasteiger partial charge in [-0.15, -0.1) is 0 Å². The molecule has 0 aliphatic carbocycles. The second kappa shape index (κ2) is 8.22. The number of hydrogen-bond donors (Lipinski definition) is 1. The zero-order valence-electron chi connectivity index (χ0n) is 15.3. The van der Waals surface area contributed by atoms with Crippen LogP contribution in [0.1, 0.15) is 15.9 Å². The van der Waals surface area contributed by atoms with E-state index in [1.165, 1.54) is 19.2 Å². The highest BCUT2D eigenvalue weighted by molar-refractivity contribution is 5.95. The van der Waals surface area contributed by atoms with E-state index in [-0.39, 0.29) is 17.2 Å². The lowest BCUT2D eigenvalue weighted by atomic mass is 10.1. The number of carbonyl (C=O) groups excluding carboxylic acids is 1. The Morgan fingerprint density at radius 3 is 2.50 bits per heavy atom. The molecule has 3 rings (SSSR count). The lowest BCUT2D eigenvalue weighted by Crippen LogP contribution is -2.48. The number of hydrogen-bond acceptors (Lipinski definition) is 6. The first kappa shape index (κ1) is 19.6. The molecule has 148 valence electrons. The monoisotopic (exact) mass is 389 g/mol. The number of phenolic OH excluding ortho intramolecular Hbond substituents is 1. The summed E-state index contributed by atoms with van der Waals surface area (Å²) in [6.07, 6.45) is 0. The van der Waals surface area contributed by atoms with E-state index in [9.17, 15) is 24.4 Å². The minimum absolute atomic E-state index is 0.200. The summed E-state index contributed by atoms with van der Waals surface area (Å²) < 4.78 is 18.7. The number of nitro benzene ring substituents is 1. The quantitative estimate of drug-likeness (QED) is 0.623. The first-order valence-corrected chi connectivity index (χ1v) is 8.70. The van der Waals surface area contributed by atoms with Crippen molar-refractivity contribution in [3.05, 3.63) is 63.5 Å². The van der Waals surface area contributed by atoms with Gasteiger partial charge in [0.1, 0.15) is 0 Å². The van der Waals surface area contributed by atoms with Gasteiger partial charge in [0.2, 0.25) is 0 Å². The minimum Gasteiger partial charge on any atom is -0.502 e. The van der Waals surface area contributed by atoms with Crippen LogP contribution >= 0.6 is 0 Å². The zero-order chi connectivity index (χ0) is 20.3. The Kier molecular flexibility index (Phi) is 5.74. The smallest absolute Gasteiger partial charge is 0.310 e. The molecule has 0 radical (unpaired) electrons. The van der Waals surface area contributed by atoms with E-state index in [4.69, 9.17) is 4.74 Å². The molecule has 1 aliphatic heterocycles. The van der Waals surface area contributed by atoms with Crippen molar-refractivity contribution in [2.45, 2.75) is 6.54 Å². The average molecular weight is 389 g/mol. The number of carbonyl (C=O) groups is 1. The third kappa shape index (κ3) is 4.20. The van der Waals surface area contributed by atoms with E-state index in [1.54, 1.807) is 17.0 Å². The van der Waals surface area contributed by atoms with Crippen molar-refractivity contribution < 1.29 is 24.0 Å². The van der Waals surface area contributed by atoms with Gasteiger partial charge in [0.05, 0.1) is 12.0 Å². The van der Waals surface area contributed by atoms with E-state index in [2.05, 4.69) is 4.90 Å². The van der Waals surface area contributed by atoms with E-state index in [0.29, 0.717) is 32.7 Å². The van der Waals surface area contributed by atoms with Crippen LogP contribution in [0.4, 0.5) is 10.1 Å². The molecule has 1 amide bonds. The number of nitro groups is 1. The number of rotatable bonds is 5. The predicted octanol–water partition coefficient (Wildman–Crippen LogP) is 2.41. The predicted molar refractivity (Wildman–Crippen MR) is 98.9 cm³/mol. The van der Waals surface area contributed by atoms with Crippen LogP contribution in [0.5, 0.6) is 11.5 Å². The number of methoxy groups -OCH3 is 1. The zero-order valence-corrected chi connectivity index (χ0v) is 15.3. The second-order valence-corrected chi connectivity index (χ2v) is 6.50. The van der Waals surface area contributed by atoms with Crippen molar-refractivity contribution in [2.75, 3.05) is 33.3 Å². The number of benzene rings is 2. The molecular weight excluding hydrogens is 369 g/mol. The fourth-order valence-corrected chi connectivity index (χ4v) is 3.17. The van der Waals surface area contributed by atoms with Crippen molar-refractivity contribution in [1.29, 1.82) is 0 Å². The maximum atomic E-state index is 13.8. The molecule has 2 aromatic rings. The minimum atomic E-state index is -0.704. The number of phenols is 1. The highest BCUT2D eigenvalue weighted by Crippen LogP contribution is 2.27. The number of nitrogens with zero attached hydrogens (tertiary/aromatic N) is 3. The lowest BCUT2D eigenvalue weighted by molar-refractivity contribution is -0.385. The molecule has 28 heavy (non-hydrogen) atoms.